The second-order valence-electron chi connectivity index (χ2n) is 7.03. The SMILES string of the molecule is O=C(N1c2ccccc2Sc2ccccc21)N1c2ccccc2Sc2ccccc21. The smallest absolute Gasteiger partial charge is 0.260 e. The molecule has 0 spiro atoms. The summed E-state index contributed by atoms with van der Waals surface area (Å²) in [5.74, 6) is 0. The number of hydrogen-bond acceptors (Lipinski definition) is 3. The van der Waals surface area contributed by atoms with Crippen molar-refractivity contribution in [2.45, 2.75) is 19.6 Å². The Morgan fingerprint density at radius 2 is 0.733 bits per heavy atom. The maximum absolute atomic E-state index is 14.2. The number of benzene rings is 4. The number of carbonyl (C=O) groups is 1. The highest BCUT2D eigenvalue weighted by Gasteiger charge is 2.35. The van der Waals surface area contributed by atoms with Gasteiger partial charge in [0.15, 0.2) is 0 Å². The van der Waals surface area contributed by atoms with Crippen LogP contribution in [0.2, 0.25) is 0 Å². The minimum absolute atomic E-state index is 0.0737. The first-order valence-corrected chi connectivity index (χ1v) is 11.3. The third-order valence-electron chi connectivity index (χ3n) is 5.25. The van der Waals surface area contributed by atoms with Crippen LogP contribution in [-0.4, -0.2) is 6.03 Å². The van der Waals surface area contributed by atoms with Crippen molar-refractivity contribution in [2.75, 3.05) is 9.80 Å². The molecule has 0 aliphatic carbocycles. The second kappa shape index (κ2) is 6.97. The van der Waals surface area contributed by atoms with Gasteiger partial charge in [0.1, 0.15) is 0 Å². The number of carbonyl (C=O) groups excluding carboxylic acids is 1. The molecule has 4 aromatic rings. The number of para-hydroxylation sites is 4. The Balaban J connectivity index is 1.57. The summed E-state index contributed by atoms with van der Waals surface area (Å²) in [5, 5.41) is 0. The lowest BCUT2D eigenvalue weighted by molar-refractivity contribution is 0.255. The summed E-state index contributed by atoms with van der Waals surface area (Å²) in [7, 11) is 0. The van der Waals surface area contributed by atoms with Crippen molar-refractivity contribution in [1.29, 1.82) is 0 Å². The van der Waals surface area contributed by atoms with Gasteiger partial charge in [-0.3, -0.25) is 9.80 Å². The van der Waals surface area contributed by atoms with Crippen molar-refractivity contribution < 1.29 is 4.79 Å². The zero-order chi connectivity index (χ0) is 20.1. The van der Waals surface area contributed by atoms with Gasteiger partial charge in [-0.25, -0.2) is 4.79 Å². The molecule has 0 atom stereocenters. The quantitative estimate of drug-likeness (QED) is 0.289. The van der Waals surface area contributed by atoms with Crippen molar-refractivity contribution in [3.63, 3.8) is 0 Å². The van der Waals surface area contributed by atoms with E-state index in [9.17, 15) is 4.79 Å². The van der Waals surface area contributed by atoms with Gasteiger partial charge in [-0.05, 0) is 48.5 Å². The van der Waals surface area contributed by atoms with Crippen LogP contribution >= 0.6 is 23.5 Å². The molecule has 6 rings (SSSR count). The van der Waals surface area contributed by atoms with Crippen LogP contribution < -0.4 is 9.80 Å². The molecule has 0 saturated heterocycles. The molecule has 4 aromatic carbocycles. The number of nitrogens with zero attached hydrogens (tertiary/aromatic N) is 2. The van der Waals surface area contributed by atoms with Crippen LogP contribution in [0.25, 0.3) is 0 Å². The summed E-state index contributed by atoms with van der Waals surface area (Å²) >= 11 is 3.41. The minimum Gasteiger partial charge on any atom is -0.260 e. The minimum atomic E-state index is -0.0737. The van der Waals surface area contributed by atoms with E-state index in [0.29, 0.717) is 0 Å². The lowest BCUT2D eigenvalue weighted by Crippen LogP contribution is -2.40. The average molecular weight is 425 g/mol. The van der Waals surface area contributed by atoms with Gasteiger partial charge in [0, 0.05) is 19.6 Å². The van der Waals surface area contributed by atoms with Crippen LogP contribution in [0.4, 0.5) is 27.5 Å². The zero-order valence-electron chi connectivity index (χ0n) is 15.9. The molecule has 0 unspecified atom stereocenters. The molecule has 144 valence electrons. The highest BCUT2D eigenvalue weighted by Crippen LogP contribution is 2.52. The predicted octanol–water partition coefficient (Wildman–Crippen LogP) is 7.71. The first-order chi connectivity index (χ1) is 14.8. The topological polar surface area (TPSA) is 23.6 Å². The Hall–Kier alpha value is -3.15. The Bertz CT molecular complexity index is 1110. The lowest BCUT2D eigenvalue weighted by Gasteiger charge is -2.37. The van der Waals surface area contributed by atoms with Crippen molar-refractivity contribution in [2.24, 2.45) is 0 Å². The van der Waals surface area contributed by atoms with E-state index >= 15 is 0 Å². The Morgan fingerprint density at radius 1 is 0.467 bits per heavy atom. The third-order valence-corrected chi connectivity index (χ3v) is 7.51. The lowest BCUT2D eigenvalue weighted by atomic mass is 10.2. The third kappa shape index (κ3) is 2.66. The summed E-state index contributed by atoms with van der Waals surface area (Å²) < 4.78 is 0. The Kier molecular flexibility index (Phi) is 4.11. The zero-order valence-corrected chi connectivity index (χ0v) is 17.5. The molecule has 5 heteroatoms. The summed E-state index contributed by atoms with van der Waals surface area (Å²) in [6.07, 6.45) is 0. The van der Waals surface area contributed by atoms with Crippen molar-refractivity contribution in [3.8, 4) is 0 Å². The largest absolute Gasteiger partial charge is 0.338 e. The van der Waals surface area contributed by atoms with E-state index in [2.05, 4.69) is 24.3 Å². The summed E-state index contributed by atoms with van der Waals surface area (Å²) in [5.41, 5.74) is 3.66. The van der Waals surface area contributed by atoms with Gasteiger partial charge >= 0.3 is 6.03 Å². The number of rotatable bonds is 0. The van der Waals surface area contributed by atoms with Gasteiger partial charge in [0.25, 0.3) is 0 Å². The van der Waals surface area contributed by atoms with Crippen LogP contribution in [0.1, 0.15) is 0 Å². The molecule has 2 amide bonds. The Labute approximate surface area is 183 Å². The number of urea groups is 1. The van der Waals surface area contributed by atoms with Crippen LogP contribution in [0.5, 0.6) is 0 Å². The molecule has 0 bridgehead atoms. The molecule has 2 heterocycles. The molecule has 0 aromatic heterocycles. The van der Waals surface area contributed by atoms with E-state index in [4.69, 9.17) is 0 Å². The first-order valence-electron chi connectivity index (χ1n) is 9.67. The fraction of sp³-hybridized carbons (Fsp3) is 0. The van der Waals surface area contributed by atoms with Crippen LogP contribution in [0, 0.1) is 0 Å². The molecule has 3 nitrogen and oxygen atoms in total. The fourth-order valence-corrected chi connectivity index (χ4v) is 6.04. The molecule has 0 radical (unpaired) electrons. The van der Waals surface area contributed by atoms with E-state index in [1.165, 1.54) is 0 Å². The van der Waals surface area contributed by atoms with Crippen molar-refractivity contribution in [3.05, 3.63) is 97.1 Å². The molecule has 0 saturated carbocycles. The molecular weight excluding hydrogens is 408 g/mol. The maximum atomic E-state index is 14.2. The number of amides is 2. The van der Waals surface area contributed by atoms with Gasteiger partial charge in [-0.15, -0.1) is 0 Å². The molecule has 30 heavy (non-hydrogen) atoms. The van der Waals surface area contributed by atoms with Gasteiger partial charge in [0.05, 0.1) is 22.7 Å². The van der Waals surface area contributed by atoms with E-state index in [1.807, 2.05) is 82.6 Å². The average Bonchev–Trinajstić information content (AvgIpc) is 2.80. The van der Waals surface area contributed by atoms with Crippen LogP contribution in [0.3, 0.4) is 0 Å². The summed E-state index contributed by atoms with van der Waals surface area (Å²) in [4.78, 5) is 22.3. The molecule has 0 fully saturated rings. The highest BCUT2D eigenvalue weighted by atomic mass is 32.2. The van der Waals surface area contributed by atoms with Gasteiger partial charge < -0.3 is 0 Å². The summed E-state index contributed by atoms with van der Waals surface area (Å²) in [6.45, 7) is 0. The molecular formula is C25H16N2OS2. The van der Waals surface area contributed by atoms with Crippen LogP contribution in [-0.2, 0) is 0 Å². The van der Waals surface area contributed by atoms with Gasteiger partial charge in [0.2, 0.25) is 0 Å². The predicted molar refractivity (Wildman–Crippen MR) is 124 cm³/mol. The standard InChI is InChI=1S/C25H16N2OS2/c28-25(26-17-9-1-5-13-21(17)29-22-14-6-2-10-18(22)26)27-19-11-3-7-15-23(19)30-24-16-8-4-12-20(24)27/h1-16H. The number of hydrogen-bond donors (Lipinski definition) is 0. The molecule has 0 N–H and O–H groups in total. The van der Waals surface area contributed by atoms with E-state index in [-0.39, 0.29) is 6.03 Å². The van der Waals surface area contributed by atoms with E-state index < -0.39 is 0 Å². The van der Waals surface area contributed by atoms with Gasteiger partial charge in [-0.1, -0.05) is 72.1 Å². The van der Waals surface area contributed by atoms with Gasteiger partial charge in [-0.2, -0.15) is 0 Å². The normalized spacial score (nSPS) is 13.7. The maximum Gasteiger partial charge on any atom is 0.338 e. The Morgan fingerprint density at radius 3 is 1.03 bits per heavy atom. The number of anilines is 4. The first kappa shape index (κ1) is 17.7. The molecule has 2 aliphatic rings. The van der Waals surface area contributed by atoms with Crippen molar-refractivity contribution >= 4 is 52.3 Å². The molecule has 2 aliphatic heterocycles. The number of fused-ring (bicyclic) bond motifs is 4. The van der Waals surface area contributed by atoms with Crippen LogP contribution in [0.15, 0.2) is 117 Å². The fourth-order valence-electron chi connectivity index (χ4n) is 3.92. The van der Waals surface area contributed by atoms with E-state index in [0.717, 1.165) is 42.3 Å². The monoisotopic (exact) mass is 424 g/mol. The second-order valence-corrected chi connectivity index (χ2v) is 9.20. The van der Waals surface area contributed by atoms with E-state index in [1.54, 1.807) is 23.5 Å². The summed E-state index contributed by atoms with van der Waals surface area (Å²) in [6, 6.07) is 32.3. The highest BCUT2D eigenvalue weighted by molar-refractivity contribution is 8.00. The van der Waals surface area contributed by atoms with Crippen molar-refractivity contribution in [1.82, 2.24) is 0 Å².